The van der Waals surface area contributed by atoms with Crippen LogP contribution in [0.1, 0.15) is 18.6 Å². The molecule has 78 valence electrons. The Morgan fingerprint density at radius 1 is 1.29 bits per heavy atom. The molecule has 14 heavy (non-hydrogen) atoms. The van der Waals surface area contributed by atoms with Gasteiger partial charge in [-0.1, -0.05) is 11.6 Å². The van der Waals surface area contributed by atoms with Crippen molar-refractivity contribution < 1.29 is 14.6 Å². The van der Waals surface area contributed by atoms with Crippen molar-refractivity contribution in [1.29, 1.82) is 0 Å². The summed E-state index contributed by atoms with van der Waals surface area (Å²) in [4.78, 5) is 0. The highest BCUT2D eigenvalue weighted by Gasteiger charge is 2.17. The van der Waals surface area contributed by atoms with E-state index in [1.54, 1.807) is 19.1 Å². The molecule has 1 N–H and O–H groups in total. The summed E-state index contributed by atoms with van der Waals surface area (Å²) in [5.74, 6) is 1.03. The van der Waals surface area contributed by atoms with Crippen molar-refractivity contribution in [3.8, 4) is 11.5 Å². The van der Waals surface area contributed by atoms with Gasteiger partial charge in [-0.3, -0.25) is 0 Å². The van der Waals surface area contributed by atoms with E-state index >= 15 is 0 Å². The SMILES string of the molecule is COc1ccc(Cl)c(OC)c1C(C)O. The fraction of sp³-hybridized carbons (Fsp3) is 0.400. The van der Waals surface area contributed by atoms with Gasteiger partial charge in [-0.2, -0.15) is 0 Å². The minimum Gasteiger partial charge on any atom is -0.496 e. The molecule has 4 heteroatoms. The van der Waals surface area contributed by atoms with Crippen LogP contribution in [0.5, 0.6) is 11.5 Å². The van der Waals surface area contributed by atoms with Gasteiger partial charge < -0.3 is 14.6 Å². The van der Waals surface area contributed by atoms with Crippen LogP contribution in [0, 0.1) is 0 Å². The normalized spacial score (nSPS) is 12.4. The summed E-state index contributed by atoms with van der Waals surface area (Å²) < 4.78 is 10.2. The van der Waals surface area contributed by atoms with E-state index in [1.807, 2.05) is 0 Å². The quantitative estimate of drug-likeness (QED) is 0.844. The number of ether oxygens (including phenoxy) is 2. The van der Waals surface area contributed by atoms with Crippen LogP contribution in [0.25, 0.3) is 0 Å². The standard InChI is InChI=1S/C10H13ClO3/c1-6(12)9-8(13-2)5-4-7(11)10(9)14-3/h4-6,12H,1-3H3. The predicted molar refractivity (Wildman–Crippen MR) is 55.2 cm³/mol. The van der Waals surface area contributed by atoms with Crippen LogP contribution in [0.15, 0.2) is 12.1 Å². The van der Waals surface area contributed by atoms with Gasteiger partial charge in [-0.25, -0.2) is 0 Å². The second-order valence-electron chi connectivity index (χ2n) is 2.87. The summed E-state index contributed by atoms with van der Waals surface area (Å²) in [5, 5.41) is 10.0. The van der Waals surface area contributed by atoms with Crippen molar-refractivity contribution in [2.45, 2.75) is 13.0 Å². The number of hydrogen-bond acceptors (Lipinski definition) is 3. The Labute approximate surface area is 88.2 Å². The topological polar surface area (TPSA) is 38.7 Å². The first-order valence-electron chi connectivity index (χ1n) is 4.20. The van der Waals surface area contributed by atoms with Crippen LogP contribution in [-0.4, -0.2) is 19.3 Å². The molecule has 0 aliphatic carbocycles. The summed E-state index contributed by atoms with van der Waals surface area (Å²) in [6, 6.07) is 3.37. The molecule has 1 aromatic carbocycles. The van der Waals surface area contributed by atoms with Gasteiger partial charge in [-0.15, -0.1) is 0 Å². The third kappa shape index (κ3) is 1.94. The van der Waals surface area contributed by atoms with Crippen molar-refractivity contribution in [3.05, 3.63) is 22.7 Å². The molecule has 0 fully saturated rings. The molecule has 0 aliphatic heterocycles. The second-order valence-corrected chi connectivity index (χ2v) is 3.28. The van der Waals surface area contributed by atoms with E-state index in [0.717, 1.165) is 0 Å². The Morgan fingerprint density at radius 2 is 1.93 bits per heavy atom. The van der Waals surface area contributed by atoms with E-state index < -0.39 is 6.10 Å². The molecule has 0 aliphatic rings. The second kappa shape index (κ2) is 4.53. The van der Waals surface area contributed by atoms with Crippen molar-refractivity contribution >= 4 is 11.6 Å². The lowest BCUT2D eigenvalue weighted by Crippen LogP contribution is -2.00. The Bertz CT molecular complexity index is 323. The fourth-order valence-electron chi connectivity index (χ4n) is 1.34. The first kappa shape index (κ1) is 11.1. The molecule has 1 atom stereocenters. The molecule has 0 amide bonds. The summed E-state index contributed by atoms with van der Waals surface area (Å²) >= 11 is 5.91. The Hall–Kier alpha value is -0.930. The summed E-state index contributed by atoms with van der Waals surface area (Å²) in [6.45, 7) is 1.64. The number of hydrogen-bond donors (Lipinski definition) is 1. The van der Waals surface area contributed by atoms with E-state index in [0.29, 0.717) is 22.1 Å². The van der Waals surface area contributed by atoms with Gasteiger partial charge in [0.15, 0.2) is 0 Å². The van der Waals surface area contributed by atoms with E-state index in [2.05, 4.69) is 0 Å². The van der Waals surface area contributed by atoms with E-state index in [9.17, 15) is 5.11 Å². The molecule has 1 rings (SSSR count). The zero-order valence-corrected chi connectivity index (χ0v) is 9.13. The van der Waals surface area contributed by atoms with Crippen LogP contribution in [0.4, 0.5) is 0 Å². The van der Waals surface area contributed by atoms with E-state index in [4.69, 9.17) is 21.1 Å². The number of methoxy groups -OCH3 is 2. The van der Waals surface area contributed by atoms with Gasteiger partial charge in [0.05, 0.1) is 30.9 Å². The first-order chi connectivity index (χ1) is 6.61. The van der Waals surface area contributed by atoms with Gasteiger partial charge in [0.1, 0.15) is 11.5 Å². The summed E-state index contributed by atoms with van der Waals surface area (Å²) in [5.41, 5.74) is 0.572. The van der Waals surface area contributed by atoms with Crippen molar-refractivity contribution in [1.82, 2.24) is 0 Å². The van der Waals surface area contributed by atoms with E-state index in [-0.39, 0.29) is 0 Å². The maximum absolute atomic E-state index is 9.55. The molecule has 0 heterocycles. The number of aliphatic hydroxyl groups is 1. The number of rotatable bonds is 3. The molecular weight excluding hydrogens is 204 g/mol. The molecule has 0 radical (unpaired) electrons. The lowest BCUT2D eigenvalue weighted by atomic mass is 10.1. The fourth-order valence-corrected chi connectivity index (χ4v) is 1.58. The maximum atomic E-state index is 9.55. The zero-order chi connectivity index (χ0) is 10.7. The highest BCUT2D eigenvalue weighted by Crippen LogP contribution is 2.39. The van der Waals surface area contributed by atoms with Crippen LogP contribution in [0.2, 0.25) is 5.02 Å². The third-order valence-corrected chi connectivity index (χ3v) is 2.25. The highest BCUT2D eigenvalue weighted by molar-refractivity contribution is 6.32. The molecule has 0 bridgehead atoms. The van der Waals surface area contributed by atoms with Crippen molar-refractivity contribution in [2.75, 3.05) is 14.2 Å². The molecule has 1 unspecified atom stereocenters. The monoisotopic (exact) mass is 216 g/mol. The predicted octanol–water partition coefficient (Wildman–Crippen LogP) is 2.41. The third-order valence-electron chi connectivity index (χ3n) is 1.95. The minimum atomic E-state index is -0.682. The van der Waals surface area contributed by atoms with Gasteiger partial charge in [0.2, 0.25) is 0 Å². The van der Waals surface area contributed by atoms with Crippen molar-refractivity contribution in [3.63, 3.8) is 0 Å². The number of aliphatic hydroxyl groups excluding tert-OH is 1. The van der Waals surface area contributed by atoms with Gasteiger partial charge in [-0.05, 0) is 19.1 Å². The van der Waals surface area contributed by atoms with Crippen molar-refractivity contribution in [2.24, 2.45) is 0 Å². The molecule has 0 saturated heterocycles. The smallest absolute Gasteiger partial charge is 0.146 e. The lowest BCUT2D eigenvalue weighted by Gasteiger charge is -2.16. The molecule has 0 spiro atoms. The van der Waals surface area contributed by atoms with Gasteiger partial charge in [0, 0.05) is 0 Å². The zero-order valence-electron chi connectivity index (χ0n) is 8.37. The number of halogens is 1. The van der Waals surface area contributed by atoms with Crippen LogP contribution in [-0.2, 0) is 0 Å². The average Bonchev–Trinajstić information content (AvgIpc) is 2.17. The van der Waals surface area contributed by atoms with Gasteiger partial charge >= 0.3 is 0 Å². The number of benzene rings is 1. The largest absolute Gasteiger partial charge is 0.496 e. The molecule has 3 nitrogen and oxygen atoms in total. The van der Waals surface area contributed by atoms with Crippen LogP contribution in [0.3, 0.4) is 0 Å². The molecule has 1 aromatic rings. The summed E-state index contributed by atoms with van der Waals surface area (Å²) in [7, 11) is 3.04. The molecular formula is C10H13ClO3. The Morgan fingerprint density at radius 3 is 2.36 bits per heavy atom. The molecule has 0 saturated carbocycles. The maximum Gasteiger partial charge on any atom is 0.146 e. The minimum absolute atomic E-state index is 0.459. The van der Waals surface area contributed by atoms with Crippen LogP contribution < -0.4 is 9.47 Å². The van der Waals surface area contributed by atoms with Gasteiger partial charge in [0.25, 0.3) is 0 Å². The lowest BCUT2D eigenvalue weighted by molar-refractivity contribution is 0.189. The van der Waals surface area contributed by atoms with E-state index in [1.165, 1.54) is 14.2 Å². The summed E-state index contributed by atoms with van der Waals surface area (Å²) in [6.07, 6.45) is -0.682. The highest BCUT2D eigenvalue weighted by atomic mass is 35.5. The first-order valence-corrected chi connectivity index (χ1v) is 4.58. The average molecular weight is 217 g/mol. The van der Waals surface area contributed by atoms with Crippen LogP contribution >= 0.6 is 11.6 Å². The molecule has 0 aromatic heterocycles. The Kier molecular flexibility index (Phi) is 3.61. The Balaban J connectivity index is 3.36.